The van der Waals surface area contributed by atoms with E-state index in [1.54, 1.807) is 0 Å². The molecule has 1 heterocycles. The Morgan fingerprint density at radius 1 is 1.00 bits per heavy atom. The molecule has 4 aliphatic carbocycles. The average molecular weight is 342 g/mol. The molecule has 0 atom stereocenters. The van der Waals surface area contributed by atoms with Crippen LogP contribution in [0.15, 0.2) is 18.2 Å². The van der Waals surface area contributed by atoms with Crippen LogP contribution < -0.4 is 20.1 Å². The molecule has 0 saturated heterocycles. The number of nitrogens with one attached hydrogen (secondary N) is 2. The van der Waals surface area contributed by atoms with Gasteiger partial charge in [-0.3, -0.25) is 0 Å². The van der Waals surface area contributed by atoms with E-state index in [9.17, 15) is 4.79 Å². The van der Waals surface area contributed by atoms with E-state index in [1.807, 2.05) is 18.2 Å². The van der Waals surface area contributed by atoms with Crippen LogP contribution in [0.1, 0.15) is 44.1 Å². The van der Waals surface area contributed by atoms with Crippen LogP contribution in [-0.2, 0) is 6.54 Å². The molecule has 4 fully saturated rings. The van der Waals surface area contributed by atoms with Crippen molar-refractivity contribution in [2.24, 2.45) is 23.2 Å². The first kappa shape index (κ1) is 15.4. The molecule has 1 aromatic rings. The molecule has 1 aliphatic heterocycles. The third-order valence-corrected chi connectivity index (χ3v) is 6.68. The predicted octanol–water partition coefficient (Wildman–Crippen LogP) is 3.43. The van der Waals surface area contributed by atoms with Gasteiger partial charge in [0.15, 0.2) is 11.5 Å². The first-order chi connectivity index (χ1) is 12.2. The Hall–Kier alpha value is -1.91. The summed E-state index contributed by atoms with van der Waals surface area (Å²) in [5, 5.41) is 6.13. The van der Waals surface area contributed by atoms with E-state index >= 15 is 0 Å². The Morgan fingerprint density at radius 2 is 1.68 bits per heavy atom. The van der Waals surface area contributed by atoms with Gasteiger partial charge in [0.25, 0.3) is 0 Å². The molecule has 1 aromatic carbocycles. The summed E-state index contributed by atoms with van der Waals surface area (Å²) in [4.78, 5) is 12.3. The fourth-order valence-electron chi connectivity index (χ4n) is 6.07. The predicted molar refractivity (Wildman–Crippen MR) is 93.4 cm³/mol. The van der Waals surface area contributed by atoms with Gasteiger partial charge in [-0.05, 0) is 79.4 Å². The molecule has 6 rings (SSSR count). The van der Waals surface area contributed by atoms with Crippen molar-refractivity contribution in [1.29, 1.82) is 0 Å². The van der Waals surface area contributed by atoms with Gasteiger partial charge in [0.1, 0.15) is 0 Å². The number of hydrogen-bond acceptors (Lipinski definition) is 3. The summed E-state index contributed by atoms with van der Waals surface area (Å²) < 4.78 is 10.7. The van der Waals surface area contributed by atoms with Crippen molar-refractivity contribution >= 4 is 6.03 Å². The van der Waals surface area contributed by atoms with Crippen LogP contribution in [0.4, 0.5) is 4.79 Å². The molecule has 5 heteroatoms. The topological polar surface area (TPSA) is 59.6 Å². The third kappa shape index (κ3) is 2.94. The van der Waals surface area contributed by atoms with Crippen LogP contribution in [0.25, 0.3) is 0 Å². The molecule has 134 valence electrons. The lowest BCUT2D eigenvalue weighted by Gasteiger charge is -2.56. The number of rotatable bonds is 4. The maximum Gasteiger partial charge on any atom is 0.315 e. The number of urea groups is 1. The molecule has 2 N–H and O–H groups in total. The second kappa shape index (κ2) is 5.82. The van der Waals surface area contributed by atoms with Crippen molar-refractivity contribution in [3.05, 3.63) is 23.8 Å². The number of hydrogen-bond donors (Lipinski definition) is 2. The molecule has 0 spiro atoms. The highest BCUT2D eigenvalue weighted by Crippen LogP contribution is 2.59. The summed E-state index contributed by atoms with van der Waals surface area (Å²) in [5.41, 5.74) is 1.40. The first-order valence-corrected chi connectivity index (χ1v) is 9.58. The Bertz CT molecular complexity index is 652. The zero-order valence-electron chi connectivity index (χ0n) is 14.6. The highest BCUT2D eigenvalue weighted by Gasteiger charge is 2.50. The quantitative estimate of drug-likeness (QED) is 0.881. The van der Waals surface area contributed by atoms with Gasteiger partial charge in [0.05, 0.1) is 0 Å². The number of fused-ring (bicyclic) bond motifs is 1. The van der Waals surface area contributed by atoms with Gasteiger partial charge in [-0.1, -0.05) is 6.07 Å². The lowest BCUT2D eigenvalue weighted by molar-refractivity contribution is -0.0498. The van der Waals surface area contributed by atoms with Gasteiger partial charge in [-0.2, -0.15) is 0 Å². The molecule has 5 aliphatic rings. The lowest BCUT2D eigenvalue weighted by atomic mass is 9.49. The van der Waals surface area contributed by atoms with Crippen LogP contribution in [0.3, 0.4) is 0 Å². The largest absolute Gasteiger partial charge is 0.454 e. The van der Waals surface area contributed by atoms with Gasteiger partial charge < -0.3 is 20.1 Å². The Labute approximate surface area is 148 Å². The molecular weight excluding hydrogens is 316 g/mol. The minimum Gasteiger partial charge on any atom is -0.454 e. The first-order valence-electron chi connectivity index (χ1n) is 9.58. The zero-order chi connectivity index (χ0) is 16.9. The fraction of sp³-hybridized carbons (Fsp3) is 0.650. The second-order valence-corrected chi connectivity index (χ2v) is 8.64. The highest BCUT2D eigenvalue weighted by atomic mass is 16.7. The van der Waals surface area contributed by atoms with Gasteiger partial charge in [0, 0.05) is 13.1 Å². The molecule has 5 nitrogen and oxygen atoms in total. The SMILES string of the molecule is O=C(NCc1ccc2c(c1)OCO2)NCC12CC3CC(CC(C3)C1)C2. The highest BCUT2D eigenvalue weighted by molar-refractivity contribution is 5.73. The molecule has 4 saturated carbocycles. The van der Waals surface area contributed by atoms with Crippen molar-refractivity contribution in [2.75, 3.05) is 13.3 Å². The van der Waals surface area contributed by atoms with E-state index in [0.717, 1.165) is 41.4 Å². The maximum atomic E-state index is 12.3. The van der Waals surface area contributed by atoms with Crippen molar-refractivity contribution in [2.45, 2.75) is 45.1 Å². The van der Waals surface area contributed by atoms with E-state index in [-0.39, 0.29) is 12.8 Å². The Balaban J connectivity index is 1.14. The Kier molecular flexibility index (Phi) is 3.57. The number of carbonyl (C=O) groups excluding carboxylic acids is 1. The van der Waals surface area contributed by atoms with Crippen LogP contribution in [-0.4, -0.2) is 19.4 Å². The molecule has 25 heavy (non-hydrogen) atoms. The zero-order valence-corrected chi connectivity index (χ0v) is 14.6. The maximum absolute atomic E-state index is 12.3. The third-order valence-electron chi connectivity index (χ3n) is 6.68. The molecule has 2 amide bonds. The van der Waals surface area contributed by atoms with E-state index in [4.69, 9.17) is 9.47 Å². The van der Waals surface area contributed by atoms with Gasteiger partial charge >= 0.3 is 6.03 Å². The Morgan fingerprint density at radius 3 is 2.40 bits per heavy atom. The smallest absolute Gasteiger partial charge is 0.315 e. The summed E-state index contributed by atoms with van der Waals surface area (Å²) in [6, 6.07) is 5.73. The number of carbonyl (C=O) groups is 1. The summed E-state index contributed by atoms with van der Waals surface area (Å²) in [7, 11) is 0. The van der Waals surface area contributed by atoms with Gasteiger partial charge in [-0.25, -0.2) is 4.79 Å². The second-order valence-electron chi connectivity index (χ2n) is 8.64. The number of benzene rings is 1. The van der Waals surface area contributed by atoms with Crippen LogP contribution in [0.2, 0.25) is 0 Å². The lowest BCUT2D eigenvalue weighted by Crippen LogP contribution is -2.52. The molecule has 0 unspecified atom stereocenters. The summed E-state index contributed by atoms with van der Waals surface area (Å²) in [6.07, 6.45) is 8.28. The fourth-order valence-corrected chi connectivity index (χ4v) is 6.07. The molecular formula is C20H26N2O3. The summed E-state index contributed by atoms with van der Waals surface area (Å²) in [6.45, 7) is 1.62. The van der Waals surface area contributed by atoms with Gasteiger partial charge in [-0.15, -0.1) is 0 Å². The number of amides is 2. The van der Waals surface area contributed by atoms with Crippen LogP contribution in [0, 0.1) is 23.2 Å². The van der Waals surface area contributed by atoms with E-state index in [2.05, 4.69) is 10.6 Å². The van der Waals surface area contributed by atoms with Crippen LogP contribution in [0.5, 0.6) is 11.5 Å². The standard InChI is InChI=1S/C20H26N2O3/c23-19(21-10-13-1-2-17-18(6-13)25-12-24-17)22-11-20-7-14-3-15(8-20)5-16(4-14)9-20/h1-2,6,14-16H,3-5,7-12H2,(H2,21,22,23). The van der Waals surface area contributed by atoms with Crippen molar-refractivity contribution in [3.8, 4) is 11.5 Å². The van der Waals surface area contributed by atoms with Crippen LogP contribution >= 0.6 is 0 Å². The normalized spacial score (nSPS) is 34.2. The minimum absolute atomic E-state index is 0.0617. The van der Waals surface area contributed by atoms with Gasteiger partial charge in [0.2, 0.25) is 6.79 Å². The number of ether oxygens (including phenoxy) is 2. The van der Waals surface area contributed by atoms with Crippen molar-refractivity contribution in [3.63, 3.8) is 0 Å². The van der Waals surface area contributed by atoms with E-state index in [1.165, 1.54) is 38.5 Å². The average Bonchev–Trinajstić information content (AvgIpc) is 3.05. The molecule has 0 radical (unpaired) electrons. The van der Waals surface area contributed by atoms with E-state index < -0.39 is 0 Å². The summed E-state index contributed by atoms with van der Waals surface area (Å²) in [5.74, 6) is 4.29. The van der Waals surface area contributed by atoms with E-state index in [0.29, 0.717) is 12.0 Å². The molecule has 0 aromatic heterocycles. The van der Waals surface area contributed by atoms with Crippen molar-refractivity contribution < 1.29 is 14.3 Å². The monoisotopic (exact) mass is 342 g/mol. The summed E-state index contributed by atoms with van der Waals surface area (Å²) >= 11 is 0. The molecule has 4 bridgehead atoms. The minimum atomic E-state index is -0.0617. The van der Waals surface area contributed by atoms with Crippen molar-refractivity contribution in [1.82, 2.24) is 10.6 Å².